The average Bonchev–Trinajstić information content (AvgIpc) is 3.86. The van der Waals surface area contributed by atoms with E-state index in [1.807, 2.05) is 91.0 Å². The average molecular weight is 895 g/mol. The number of benzene rings is 6. The number of rotatable bonds is 20. The van der Waals surface area contributed by atoms with Gasteiger partial charge in [0.2, 0.25) is 0 Å². The summed E-state index contributed by atoms with van der Waals surface area (Å²) in [6.45, 7) is -0.131. The smallest absolute Gasteiger partial charge is 0.338 e. The minimum atomic E-state index is -1.49. The molecule has 13 heteroatoms. The third kappa shape index (κ3) is 12.2. The summed E-state index contributed by atoms with van der Waals surface area (Å²) < 4.78 is 57.0. The van der Waals surface area contributed by atoms with Crippen LogP contribution >= 0.6 is 0 Å². The second kappa shape index (κ2) is 23.1. The van der Waals surface area contributed by atoms with E-state index in [0.717, 1.165) is 16.7 Å². The molecular weight excluding hydrogens is 845 g/mol. The predicted molar refractivity (Wildman–Crippen MR) is 239 cm³/mol. The minimum absolute atomic E-state index is 0.129. The molecule has 0 amide bonds. The van der Waals surface area contributed by atoms with Crippen molar-refractivity contribution in [1.82, 2.24) is 0 Å². The molecule has 1 N–H and O–H groups in total. The second-order valence-corrected chi connectivity index (χ2v) is 15.7. The summed E-state index contributed by atoms with van der Waals surface area (Å²) in [7, 11) is 0. The second-order valence-electron chi connectivity index (χ2n) is 15.7. The first-order valence-corrected chi connectivity index (χ1v) is 21.7. The summed E-state index contributed by atoms with van der Waals surface area (Å²) >= 11 is 0. The van der Waals surface area contributed by atoms with Crippen molar-refractivity contribution in [3.05, 3.63) is 215 Å². The Morgan fingerprint density at radius 2 is 0.909 bits per heavy atom. The minimum Gasteiger partial charge on any atom is -0.459 e. The Kier molecular flexibility index (Phi) is 16.1. The lowest BCUT2D eigenvalue weighted by atomic mass is 10.0. The van der Waals surface area contributed by atoms with Crippen LogP contribution in [0.15, 0.2) is 182 Å². The Morgan fingerprint density at radius 1 is 0.485 bits per heavy atom. The summed E-state index contributed by atoms with van der Waals surface area (Å²) in [6, 6.07) is 53.5. The van der Waals surface area contributed by atoms with E-state index in [1.54, 1.807) is 91.0 Å². The highest BCUT2D eigenvalue weighted by molar-refractivity contribution is 5.91. The van der Waals surface area contributed by atoms with Gasteiger partial charge in [-0.2, -0.15) is 0 Å². The van der Waals surface area contributed by atoms with Crippen LogP contribution in [0.3, 0.4) is 0 Å². The molecule has 0 bridgehead atoms. The van der Waals surface area contributed by atoms with Crippen LogP contribution in [0.25, 0.3) is 0 Å². The van der Waals surface area contributed by atoms with Crippen molar-refractivity contribution in [3.63, 3.8) is 0 Å². The van der Waals surface area contributed by atoms with Crippen molar-refractivity contribution in [2.75, 3.05) is 13.2 Å². The standard InChI is InChI=1S/C53H50O13/c54-49(39-25-13-4-14-26-39)61-35-43-45(64-50(55)40-27-15-5-16-28-40)48(66-51(56)41-29-17-6-18-30-41)53(63-43)62-42(34-58-31-36-19-7-1-8-20-36)44-46(59-32-37-21-9-2-10-22-37)47(52(57)65-44)60-33-38-23-11-3-12-24-38/h1-30,42-48,52-53,57H,31-35H2/t42-,43-,44-,45-,46+,47-,48+,52-,53+/m1/s1. The van der Waals surface area contributed by atoms with Gasteiger partial charge in [-0.3, -0.25) is 0 Å². The number of hydrogen-bond acceptors (Lipinski definition) is 13. The van der Waals surface area contributed by atoms with Gasteiger partial charge in [0, 0.05) is 0 Å². The highest BCUT2D eigenvalue weighted by Crippen LogP contribution is 2.35. The van der Waals surface area contributed by atoms with E-state index in [1.165, 1.54) is 0 Å². The number of ether oxygens (including phenoxy) is 9. The lowest BCUT2D eigenvalue weighted by Crippen LogP contribution is -2.48. The fraction of sp³-hybridized carbons (Fsp3) is 0.264. The van der Waals surface area contributed by atoms with Crippen molar-refractivity contribution in [2.24, 2.45) is 0 Å². The summed E-state index contributed by atoms with van der Waals surface area (Å²) in [4.78, 5) is 41.1. The van der Waals surface area contributed by atoms with E-state index in [-0.39, 0.29) is 43.1 Å². The molecule has 0 unspecified atom stereocenters. The molecule has 0 spiro atoms. The van der Waals surface area contributed by atoms with Gasteiger partial charge in [0.1, 0.15) is 37.1 Å². The molecule has 66 heavy (non-hydrogen) atoms. The van der Waals surface area contributed by atoms with Gasteiger partial charge in [-0.1, -0.05) is 146 Å². The molecule has 2 aliphatic heterocycles. The normalized spacial score (nSPS) is 22.9. The summed E-state index contributed by atoms with van der Waals surface area (Å²) in [5.74, 6) is -2.17. The molecule has 2 heterocycles. The third-order valence-corrected chi connectivity index (χ3v) is 11.0. The first-order valence-electron chi connectivity index (χ1n) is 21.7. The number of carbonyl (C=O) groups excluding carboxylic acids is 3. The Hall–Kier alpha value is -6.55. The Balaban J connectivity index is 1.13. The maximum atomic E-state index is 13.9. The van der Waals surface area contributed by atoms with Gasteiger partial charge in [0.15, 0.2) is 24.8 Å². The molecule has 9 atom stereocenters. The molecule has 13 nitrogen and oxygen atoms in total. The maximum absolute atomic E-state index is 13.9. The van der Waals surface area contributed by atoms with Crippen LogP contribution in [0, 0.1) is 0 Å². The largest absolute Gasteiger partial charge is 0.459 e. The molecule has 340 valence electrons. The van der Waals surface area contributed by atoms with Gasteiger partial charge in [0.25, 0.3) is 0 Å². The zero-order chi connectivity index (χ0) is 45.5. The fourth-order valence-electron chi connectivity index (χ4n) is 7.67. The van der Waals surface area contributed by atoms with Crippen LogP contribution < -0.4 is 0 Å². The van der Waals surface area contributed by atoms with E-state index in [9.17, 15) is 19.5 Å². The topological polar surface area (TPSA) is 155 Å². The summed E-state index contributed by atoms with van der Waals surface area (Å²) in [5.41, 5.74) is 3.32. The molecule has 0 radical (unpaired) electrons. The lowest BCUT2D eigenvalue weighted by molar-refractivity contribution is -0.241. The molecule has 2 saturated heterocycles. The van der Waals surface area contributed by atoms with Gasteiger partial charge in [-0.25, -0.2) is 14.4 Å². The van der Waals surface area contributed by atoms with Gasteiger partial charge < -0.3 is 47.7 Å². The first kappa shape index (κ1) is 46.0. The molecule has 0 aromatic heterocycles. The van der Waals surface area contributed by atoms with Crippen LogP contribution in [-0.2, 0) is 62.5 Å². The number of aliphatic hydroxyl groups excluding tert-OH is 1. The molecule has 0 aliphatic carbocycles. The molecule has 2 fully saturated rings. The molecule has 6 aromatic rings. The maximum Gasteiger partial charge on any atom is 0.338 e. The van der Waals surface area contributed by atoms with Gasteiger partial charge in [-0.15, -0.1) is 0 Å². The molecular formula is C53H50O13. The van der Waals surface area contributed by atoms with E-state index < -0.39 is 79.8 Å². The SMILES string of the molecule is O=C(OC[C@H]1O[C@H](O[C@H](COCc2ccccc2)[C@H]2O[C@@H](O)[C@H](OCc3ccccc3)[C@H]2OCc2ccccc2)[C@@H](OC(=O)c2ccccc2)[C@@H]1OC(=O)c1ccccc1)c1ccccc1. The van der Waals surface area contributed by atoms with Gasteiger partial charge in [-0.05, 0) is 53.1 Å². The van der Waals surface area contributed by atoms with Crippen molar-refractivity contribution >= 4 is 17.9 Å². The van der Waals surface area contributed by atoms with Crippen LogP contribution in [0.2, 0.25) is 0 Å². The highest BCUT2D eigenvalue weighted by atomic mass is 16.8. The molecule has 8 rings (SSSR count). The number of esters is 3. The first-order chi connectivity index (χ1) is 32.4. The Bertz CT molecular complexity index is 2410. The van der Waals surface area contributed by atoms with E-state index in [2.05, 4.69) is 0 Å². The third-order valence-electron chi connectivity index (χ3n) is 11.0. The van der Waals surface area contributed by atoms with Crippen LogP contribution in [0.5, 0.6) is 0 Å². The number of carbonyl (C=O) groups is 3. The van der Waals surface area contributed by atoms with Crippen molar-refractivity contribution in [3.8, 4) is 0 Å². The monoisotopic (exact) mass is 894 g/mol. The van der Waals surface area contributed by atoms with E-state index in [0.29, 0.717) is 0 Å². The zero-order valence-corrected chi connectivity index (χ0v) is 35.9. The van der Waals surface area contributed by atoms with Gasteiger partial charge >= 0.3 is 17.9 Å². The Labute approximate surface area is 382 Å². The summed E-state index contributed by atoms with van der Waals surface area (Å²) in [5, 5.41) is 11.6. The van der Waals surface area contributed by atoms with Crippen molar-refractivity contribution in [1.29, 1.82) is 0 Å². The van der Waals surface area contributed by atoms with Crippen LogP contribution in [0.1, 0.15) is 47.8 Å². The van der Waals surface area contributed by atoms with Crippen molar-refractivity contribution < 1.29 is 62.1 Å². The van der Waals surface area contributed by atoms with Gasteiger partial charge in [0.05, 0.1) is 43.1 Å². The highest BCUT2D eigenvalue weighted by Gasteiger charge is 2.55. The molecule has 6 aromatic carbocycles. The van der Waals surface area contributed by atoms with E-state index in [4.69, 9.17) is 42.6 Å². The molecule has 0 saturated carbocycles. The number of aliphatic hydroxyl groups is 1. The van der Waals surface area contributed by atoms with Crippen molar-refractivity contribution in [2.45, 2.75) is 75.1 Å². The molecule has 2 aliphatic rings. The summed E-state index contributed by atoms with van der Waals surface area (Å²) in [6.07, 6.45) is -11.1. The zero-order valence-electron chi connectivity index (χ0n) is 35.9. The number of hydrogen-bond donors (Lipinski definition) is 1. The lowest BCUT2D eigenvalue weighted by Gasteiger charge is -2.32. The predicted octanol–water partition coefficient (Wildman–Crippen LogP) is 7.51. The Morgan fingerprint density at radius 3 is 1.41 bits per heavy atom. The van der Waals surface area contributed by atoms with Crippen LogP contribution in [-0.4, -0.2) is 91.5 Å². The van der Waals surface area contributed by atoms with Crippen LogP contribution in [0.4, 0.5) is 0 Å². The van der Waals surface area contributed by atoms with E-state index >= 15 is 0 Å². The fourth-order valence-corrected chi connectivity index (χ4v) is 7.67. The quantitative estimate of drug-likeness (QED) is 0.0595.